The Balaban J connectivity index is 1.35. The second-order valence-electron chi connectivity index (χ2n) is 7.65. The zero-order chi connectivity index (χ0) is 18.8. The van der Waals surface area contributed by atoms with E-state index in [0.717, 1.165) is 43.1 Å². The van der Waals surface area contributed by atoms with Crippen LogP contribution in [0, 0.1) is 0 Å². The summed E-state index contributed by atoms with van der Waals surface area (Å²) in [5, 5.41) is 4.98. The third-order valence-corrected chi connectivity index (χ3v) is 5.73. The molecule has 3 heterocycles. The van der Waals surface area contributed by atoms with E-state index in [4.69, 9.17) is 0 Å². The van der Waals surface area contributed by atoms with Gasteiger partial charge in [0.15, 0.2) is 0 Å². The molecule has 2 fully saturated rings. The minimum absolute atomic E-state index is 0.0575. The van der Waals surface area contributed by atoms with Crippen molar-refractivity contribution in [3.05, 3.63) is 42.2 Å². The predicted octanol–water partition coefficient (Wildman–Crippen LogP) is 2.05. The molecule has 1 aromatic heterocycles. The Morgan fingerprint density at radius 3 is 2.85 bits per heavy atom. The summed E-state index contributed by atoms with van der Waals surface area (Å²) in [7, 11) is 0. The molecule has 2 atom stereocenters. The lowest BCUT2D eigenvalue weighted by Gasteiger charge is -2.24. The second-order valence-corrected chi connectivity index (χ2v) is 7.65. The Morgan fingerprint density at radius 2 is 2.04 bits per heavy atom. The van der Waals surface area contributed by atoms with E-state index in [9.17, 15) is 9.59 Å². The molecule has 1 aromatic carbocycles. The maximum atomic E-state index is 12.7. The molecular formula is C21H26N4O2. The first-order valence-electron chi connectivity index (χ1n) is 9.78. The van der Waals surface area contributed by atoms with Crippen LogP contribution in [0.5, 0.6) is 0 Å². The fraction of sp³-hybridized carbons (Fsp3) is 0.476. The lowest BCUT2D eigenvalue weighted by Crippen LogP contribution is -2.43. The third kappa shape index (κ3) is 3.81. The Hall–Kier alpha value is -2.47. The van der Waals surface area contributed by atoms with E-state index in [0.29, 0.717) is 24.8 Å². The van der Waals surface area contributed by atoms with Gasteiger partial charge in [-0.15, -0.1) is 0 Å². The zero-order valence-electron chi connectivity index (χ0n) is 15.7. The number of amides is 2. The molecule has 2 aliphatic heterocycles. The van der Waals surface area contributed by atoms with E-state index < -0.39 is 0 Å². The van der Waals surface area contributed by atoms with Gasteiger partial charge in [0.1, 0.15) is 5.69 Å². The van der Waals surface area contributed by atoms with Crippen molar-refractivity contribution in [3.8, 4) is 0 Å². The van der Waals surface area contributed by atoms with Gasteiger partial charge < -0.3 is 10.2 Å². The number of hydrogen-bond acceptors (Lipinski definition) is 4. The van der Waals surface area contributed by atoms with Gasteiger partial charge in [-0.1, -0.05) is 24.3 Å². The maximum absolute atomic E-state index is 12.7. The van der Waals surface area contributed by atoms with Gasteiger partial charge in [0, 0.05) is 43.3 Å². The lowest BCUT2D eigenvalue weighted by atomic mass is 10.1. The number of fused-ring (bicyclic) bond motifs is 1. The van der Waals surface area contributed by atoms with E-state index in [1.165, 1.54) is 0 Å². The summed E-state index contributed by atoms with van der Waals surface area (Å²) in [6.45, 7) is 4.99. The number of hydrogen-bond donors (Lipinski definition) is 1. The summed E-state index contributed by atoms with van der Waals surface area (Å²) >= 11 is 0. The third-order valence-electron chi connectivity index (χ3n) is 5.73. The van der Waals surface area contributed by atoms with Crippen molar-refractivity contribution in [3.63, 3.8) is 0 Å². The number of carbonyl (C=O) groups is 2. The summed E-state index contributed by atoms with van der Waals surface area (Å²) in [6.07, 6.45) is 4.74. The van der Waals surface area contributed by atoms with Gasteiger partial charge in [0.05, 0.1) is 6.54 Å². The van der Waals surface area contributed by atoms with Crippen molar-refractivity contribution in [1.29, 1.82) is 0 Å². The first kappa shape index (κ1) is 17.9. The highest BCUT2D eigenvalue weighted by atomic mass is 16.2. The molecule has 1 N–H and O–H groups in total. The molecule has 2 aromatic rings. The minimum atomic E-state index is -0.141. The highest BCUT2D eigenvalue weighted by Crippen LogP contribution is 2.19. The van der Waals surface area contributed by atoms with Gasteiger partial charge in [0.25, 0.3) is 5.91 Å². The number of benzene rings is 1. The Labute approximate surface area is 159 Å². The van der Waals surface area contributed by atoms with E-state index >= 15 is 0 Å². The molecule has 142 valence electrons. The van der Waals surface area contributed by atoms with Crippen LogP contribution in [0.2, 0.25) is 0 Å². The summed E-state index contributed by atoms with van der Waals surface area (Å²) in [5.74, 6) is 0.0702. The average Bonchev–Trinajstić information content (AvgIpc) is 3.30. The van der Waals surface area contributed by atoms with Crippen molar-refractivity contribution < 1.29 is 9.59 Å². The van der Waals surface area contributed by atoms with Gasteiger partial charge in [-0.25, -0.2) is 0 Å². The van der Waals surface area contributed by atoms with Gasteiger partial charge in [-0.2, -0.15) is 0 Å². The van der Waals surface area contributed by atoms with E-state index in [1.807, 2.05) is 35.2 Å². The van der Waals surface area contributed by atoms with Gasteiger partial charge >= 0.3 is 0 Å². The molecule has 0 radical (unpaired) electrons. The van der Waals surface area contributed by atoms with Crippen LogP contribution in [0.1, 0.15) is 36.7 Å². The van der Waals surface area contributed by atoms with Crippen LogP contribution in [-0.2, 0) is 4.79 Å². The molecule has 27 heavy (non-hydrogen) atoms. The summed E-state index contributed by atoms with van der Waals surface area (Å²) in [4.78, 5) is 33.7. The number of nitrogens with zero attached hydrogens (tertiary/aromatic N) is 3. The predicted molar refractivity (Wildman–Crippen MR) is 104 cm³/mol. The summed E-state index contributed by atoms with van der Waals surface area (Å²) < 4.78 is 0. The summed E-state index contributed by atoms with van der Waals surface area (Å²) in [5.41, 5.74) is 0.466. The van der Waals surface area contributed by atoms with Crippen LogP contribution in [0.4, 0.5) is 0 Å². The van der Waals surface area contributed by atoms with Crippen LogP contribution in [-0.4, -0.2) is 64.9 Å². The molecule has 6 heteroatoms. The number of aromatic nitrogens is 1. The smallest absolute Gasteiger partial charge is 0.270 e. The first-order chi connectivity index (χ1) is 13.1. The largest absolute Gasteiger partial charge is 0.347 e. The topological polar surface area (TPSA) is 65.5 Å². The molecule has 2 amide bonds. The Morgan fingerprint density at radius 1 is 1.19 bits per heavy atom. The van der Waals surface area contributed by atoms with Crippen molar-refractivity contribution in [2.45, 2.75) is 38.3 Å². The monoisotopic (exact) mass is 366 g/mol. The molecule has 4 rings (SSSR count). The lowest BCUT2D eigenvalue weighted by molar-refractivity contribution is -0.132. The molecule has 0 bridgehead atoms. The minimum Gasteiger partial charge on any atom is -0.347 e. The molecule has 0 unspecified atom stereocenters. The molecule has 2 saturated heterocycles. The highest BCUT2D eigenvalue weighted by molar-refractivity contribution is 6.05. The average molecular weight is 366 g/mol. The normalized spacial score (nSPS) is 23.1. The zero-order valence-corrected chi connectivity index (χ0v) is 15.7. The molecule has 0 aliphatic carbocycles. The van der Waals surface area contributed by atoms with E-state index in [2.05, 4.69) is 22.1 Å². The van der Waals surface area contributed by atoms with Crippen molar-refractivity contribution in [2.75, 3.05) is 26.2 Å². The van der Waals surface area contributed by atoms with Gasteiger partial charge in [-0.3, -0.25) is 19.5 Å². The van der Waals surface area contributed by atoms with E-state index in [1.54, 1.807) is 6.20 Å². The SMILES string of the molecule is C[C@@H]1CCCN1C(=O)CN1CC[C@H](NC(=O)c2nccc3ccccc23)C1. The van der Waals surface area contributed by atoms with Crippen LogP contribution in [0.3, 0.4) is 0 Å². The highest BCUT2D eigenvalue weighted by Gasteiger charge is 2.30. The summed E-state index contributed by atoms with van der Waals surface area (Å²) in [6, 6.07) is 10.1. The van der Waals surface area contributed by atoms with Crippen LogP contribution in [0.25, 0.3) is 10.8 Å². The molecule has 0 saturated carbocycles. The van der Waals surface area contributed by atoms with Crippen molar-refractivity contribution >= 4 is 22.6 Å². The number of nitrogens with one attached hydrogen (secondary N) is 1. The maximum Gasteiger partial charge on any atom is 0.270 e. The molecule has 0 spiro atoms. The molecule has 6 nitrogen and oxygen atoms in total. The fourth-order valence-electron chi connectivity index (χ4n) is 4.23. The quantitative estimate of drug-likeness (QED) is 0.899. The number of pyridine rings is 1. The Bertz CT molecular complexity index is 848. The van der Waals surface area contributed by atoms with Crippen molar-refractivity contribution in [1.82, 2.24) is 20.1 Å². The molecule has 2 aliphatic rings. The number of rotatable bonds is 4. The van der Waals surface area contributed by atoms with Crippen LogP contribution >= 0.6 is 0 Å². The van der Waals surface area contributed by atoms with Crippen LogP contribution in [0.15, 0.2) is 36.5 Å². The number of likely N-dealkylation sites (tertiary alicyclic amines) is 2. The molecular weight excluding hydrogens is 340 g/mol. The van der Waals surface area contributed by atoms with Crippen LogP contribution < -0.4 is 5.32 Å². The first-order valence-corrected chi connectivity index (χ1v) is 9.78. The van der Waals surface area contributed by atoms with Gasteiger partial charge in [0.2, 0.25) is 5.91 Å². The van der Waals surface area contributed by atoms with E-state index in [-0.39, 0.29) is 17.9 Å². The number of carbonyl (C=O) groups excluding carboxylic acids is 2. The standard InChI is InChI=1S/C21H26N4O2/c1-15-5-4-11-25(15)19(26)14-24-12-9-17(13-24)23-21(27)20-18-7-3-2-6-16(18)8-10-22-20/h2-3,6-8,10,15,17H,4-5,9,11-14H2,1H3,(H,23,27)/t15-,17+/m1/s1. The Kier molecular flexibility index (Phi) is 5.07. The second kappa shape index (κ2) is 7.64. The van der Waals surface area contributed by atoms with Gasteiger partial charge in [-0.05, 0) is 37.6 Å². The van der Waals surface area contributed by atoms with Crippen molar-refractivity contribution in [2.24, 2.45) is 0 Å². The fourth-order valence-corrected chi connectivity index (χ4v) is 4.23.